The number of fused-ring (bicyclic) bond motifs is 1. The number of halogens is 4. The fraction of sp³-hybridized carbons (Fsp3) is 0.292. The SMILES string of the molecule is CC(C)(N)C(=O)N1CCn2c(nc(-c3ccc(F)cc3)c2Nc2ccc(C#N)c(C(F)(F)F)c2)C1. The molecule has 2 heterocycles. The Morgan fingerprint density at radius 1 is 1.14 bits per heavy atom. The van der Waals surface area contributed by atoms with Gasteiger partial charge in [-0.3, -0.25) is 4.79 Å². The molecule has 0 saturated carbocycles. The number of alkyl halides is 3. The minimum Gasteiger partial charge on any atom is -0.340 e. The molecule has 1 aliphatic heterocycles. The number of nitrogens with one attached hydrogen (secondary N) is 1. The maximum absolute atomic E-state index is 13.5. The average molecular weight is 486 g/mol. The Kier molecular flexibility index (Phi) is 6.02. The minimum atomic E-state index is -4.71. The highest BCUT2D eigenvalue weighted by atomic mass is 19.4. The molecule has 0 aliphatic carbocycles. The molecule has 1 amide bonds. The van der Waals surface area contributed by atoms with Crippen molar-refractivity contribution in [2.75, 3.05) is 11.9 Å². The smallest absolute Gasteiger partial charge is 0.340 e. The highest BCUT2D eigenvalue weighted by Gasteiger charge is 2.35. The summed E-state index contributed by atoms with van der Waals surface area (Å²) in [6, 6.07) is 10.4. The van der Waals surface area contributed by atoms with Crippen LogP contribution < -0.4 is 11.1 Å². The van der Waals surface area contributed by atoms with E-state index in [1.54, 1.807) is 29.4 Å². The highest BCUT2D eigenvalue weighted by Crippen LogP contribution is 2.37. The zero-order chi connectivity index (χ0) is 25.5. The third-order valence-corrected chi connectivity index (χ3v) is 5.64. The van der Waals surface area contributed by atoms with E-state index in [9.17, 15) is 22.4 Å². The Labute approximate surface area is 198 Å². The standard InChI is InChI=1S/C24H22F4N6O/c1-23(2,30)22(35)33-9-10-34-19(13-33)32-20(14-3-6-16(25)7-4-14)21(34)31-17-8-5-15(12-29)18(11-17)24(26,27)28/h3-8,11,31H,9-10,13,30H2,1-2H3. The van der Waals surface area contributed by atoms with Gasteiger partial charge >= 0.3 is 6.18 Å². The fourth-order valence-corrected chi connectivity index (χ4v) is 3.94. The molecule has 0 spiro atoms. The largest absolute Gasteiger partial charge is 0.417 e. The molecule has 7 nitrogen and oxygen atoms in total. The van der Waals surface area contributed by atoms with Crippen LogP contribution in [0.25, 0.3) is 11.3 Å². The van der Waals surface area contributed by atoms with Crippen LogP contribution in [-0.2, 0) is 24.1 Å². The van der Waals surface area contributed by atoms with Crippen molar-refractivity contribution in [2.24, 2.45) is 5.73 Å². The molecular weight excluding hydrogens is 464 g/mol. The first-order valence-corrected chi connectivity index (χ1v) is 10.7. The van der Waals surface area contributed by atoms with Gasteiger partial charge in [0.15, 0.2) is 0 Å². The molecule has 3 aromatic rings. The second kappa shape index (κ2) is 8.70. The topological polar surface area (TPSA) is 100.0 Å². The lowest BCUT2D eigenvalue weighted by Crippen LogP contribution is -2.52. The molecule has 11 heteroatoms. The van der Waals surface area contributed by atoms with Gasteiger partial charge < -0.3 is 20.5 Å². The molecule has 0 bridgehead atoms. The normalized spacial score (nSPS) is 13.8. The van der Waals surface area contributed by atoms with Gasteiger partial charge in [0.2, 0.25) is 5.91 Å². The summed E-state index contributed by atoms with van der Waals surface area (Å²) in [4.78, 5) is 18.9. The van der Waals surface area contributed by atoms with Crippen molar-refractivity contribution in [1.82, 2.24) is 14.5 Å². The molecule has 0 unspecified atom stereocenters. The van der Waals surface area contributed by atoms with Gasteiger partial charge in [-0.2, -0.15) is 18.4 Å². The summed E-state index contributed by atoms with van der Waals surface area (Å²) in [6.45, 7) is 4.00. The van der Waals surface area contributed by atoms with Crippen molar-refractivity contribution in [3.8, 4) is 17.3 Å². The molecular formula is C24H22F4N6O. The van der Waals surface area contributed by atoms with Crippen LogP contribution in [0.5, 0.6) is 0 Å². The third-order valence-electron chi connectivity index (χ3n) is 5.64. The molecule has 0 saturated heterocycles. The molecule has 35 heavy (non-hydrogen) atoms. The van der Waals surface area contributed by atoms with Crippen molar-refractivity contribution in [3.05, 3.63) is 65.2 Å². The molecule has 0 atom stereocenters. The molecule has 2 aromatic carbocycles. The highest BCUT2D eigenvalue weighted by molar-refractivity contribution is 5.85. The summed E-state index contributed by atoms with van der Waals surface area (Å²) in [5.74, 6) is 0.187. The molecule has 0 fully saturated rings. The molecule has 3 N–H and O–H groups in total. The fourth-order valence-electron chi connectivity index (χ4n) is 3.94. The lowest BCUT2D eigenvalue weighted by Gasteiger charge is -2.33. The van der Waals surface area contributed by atoms with Crippen LogP contribution in [0, 0.1) is 17.1 Å². The van der Waals surface area contributed by atoms with Crippen LogP contribution in [0.1, 0.15) is 30.8 Å². The van der Waals surface area contributed by atoms with E-state index in [4.69, 9.17) is 11.0 Å². The van der Waals surface area contributed by atoms with E-state index >= 15 is 0 Å². The molecule has 4 rings (SSSR count). The number of nitrogens with two attached hydrogens (primary N) is 1. The van der Waals surface area contributed by atoms with Gasteiger partial charge in [-0.15, -0.1) is 0 Å². The number of imidazole rings is 1. The second-order valence-electron chi connectivity index (χ2n) is 8.83. The van der Waals surface area contributed by atoms with Crippen molar-refractivity contribution in [3.63, 3.8) is 0 Å². The monoisotopic (exact) mass is 486 g/mol. The number of amides is 1. The maximum atomic E-state index is 13.5. The Morgan fingerprint density at radius 2 is 1.83 bits per heavy atom. The van der Waals surface area contributed by atoms with Crippen molar-refractivity contribution >= 4 is 17.4 Å². The maximum Gasteiger partial charge on any atom is 0.417 e. The zero-order valence-corrected chi connectivity index (χ0v) is 18.9. The van der Waals surface area contributed by atoms with Crippen LogP contribution in [0.15, 0.2) is 42.5 Å². The molecule has 0 radical (unpaired) electrons. The van der Waals surface area contributed by atoms with Crippen LogP contribution in [-0.4, -0.2) is 32.4 Å². The molecule has 1 aliphatic rings. The van der Waals surface area contributed by atoms with Crippen LogP contribution >= 0.6 is 0 Å². The zero-order valence-electron chi connectivity index (χ0n) is 18.9. The summed E-state index contributed by atoms with van der Waals surface area (Å²) < 4.78 is 55.8. The Morgan fingerprint density at radius 3 is 2.43 bits per heavy atom. The van der Waals surface area contributed by atoms with E-state index in [1.807, 2.05) is 0 Å². The van der Waals surface area contributed by atoms with E-state index < -0.39 is 28.7 Å². The van der Waals surface area contributed by atoms with Crippen molar-refractivity contribution in [2.45, 2.75) is 38.7 Å². The number of carbonyl (C=O) groups excluding carboxylic acids is 1. The van der Waals surface area contributed by atoms with E-state index in [2.05, 4.69) is 10.3 Å². The van der Waals surface area contributed by atoms with Crippen LogP contribution in [0.3, 0.4) is 0 Å². The predicted molar refractivity (Wildman–Crippen MR) is 121 cm³/mol. The minimum absolute atomic E-state index is 0.101. The van der Waals surface area contributed by atoms with Crippen molar-refractivity contribution < 1.29 is 22.4 Å². The second-order valence-corrected chi connectivity index (χ2v) is 8.83. The van der Waals surface area contributed by atoms with Gasteiger partial charge in [-0.1, -0.05) is 0 Å². The van der Waals surface area contributed by atoms with E-state index in [0.717, 1.165) is 12.1 Å². The van der Waals surface area contributed by atoms with Gasteiger partial charge in [-0.05, 0) is 56.3 Å². The molecule has 182 valence electrons. The van der Waals surface area contributed by atoms with Crippen LogP contribution in [0.4, 0.5) is 29.1 Å². The number of aromatic nitrogens is 2. The summed E-state index contributed by atoms with van der Waals surface area (Å²) in [6.07, 6.45) is -4.71. The van der Waals surface area contributed by atoms with E-state index in [0.29, 0.717) is 36.0 Å². The first kappa shape index (κ1) is 24.2. The Bertz CT molecular complexity index is 1320. The first-order chi connectivity index (χ1) is 16.4. The lowest BCUT2D eigenvalue weighted by atomic mass is 10.1. The number of nitrogens with zero attached hydrogens (tertiary/aromatic N) is 4. The number of anilines is 2. The van der Waals surface area contributed by atoms with E-state index in [-0.39, 0.29) is 18.1 Å². The van der Waals surface area contributed by atoms with E-state index in [1.165, 1.54) is 30.3 Å². The number of nitriles is 1. The van der Waals surface area contributed by atoms with Gasteiger partial charge in [-0.25, -0.2) is 9.37 Å². The number of benzene rings is 2. The van der Waals surface area contributed by atoms with Gasteiger partial charge in [0.05, 0.1) is 29.3 Å². The average Bonchev–Trinajstić information content (AvgIpc) is 3.15. The summed E-state index contributed by atoms with van der Waals surface area (Å²) >= 11 is 0. The lowest BCUT2D eigenvalue weighted by molar-refractivity contribution is -0.138. The summed E-state index contributed by atoms with van der Waals surface area (Å²) in [5, 5.41) is 12.1. The number of hydrogen-bond donors (Lipinski definition) is 2. The Hall–Kier alpha value is -3.91. The van der Waals surface area contributed by atoms with Crippen LogP contribution in [0.2, 0.25) is 0 Å². The number of rotatable bonds is 4. The number of carbonyl (C=O) groups is 1. The quantitative estimate of drug-likeness (QED) is 0.533. The third kappa shape index (κ3) is 4.83. The Balaban J connectivity index is 1.78. The summed E-state index contributed by atoms with van der Waals surface area (Å²) in [5.41, 5.74) is 4.36. The summed E-state index contributed by atoms with van der Waals surface area (Å²) in [7, 11) is 0. The van der Waals surface area contributed by atoms with Gasteiger partial charge in [0.1, 0.15) is 23.2 Å². The van der Waals surface area contributed by atoms with Gasteiger partial charge in [0, 0.05) is 24.3 Å². The predicted octanol–water partition coefficient (Wildman–Crippen LogP) is 4.40. The van der Waals surface area contributed by atoms with Crippen molar-refractivity contribution in [1.29, 1.82) is 5.26 Å². The molecule has 1 aromatic heterocycles. The first-order valence-electron chi connectivity index (χ1n) is 10.7. The number of hydrogen-bond acceptors (Lipinski definition) is 5. The van der Waals surface area contributed by atoms with Gasteiger partial charge in [0.25, 0.3) is 0 Å².